The van der Waals surface area contributed by atoms with Crippen LogP contribution in [0.2, 0.25) is 10.0 Å². The van der Waals surface area contributed by atoms with Crippen LogP contribution in [0.1, 0.15) is 25.1 Å². The lowest BCUT2D eigenvalue weighted by molar-refractivity contribution is -0.138. The van der Waals surface area contributed by atoms with E-state index in [4.69, 9.17) is 27.4 Å². The predicted molar refractivity (Wildman–Crippen MR) is 138 cm³/mol. The fraction of sp³-hybridized carbons (Fsp3) is 0.167. The molecule has 0 fully saturated rings. The molecule has 2 aromatic heterocycles. The maximum atomic E-state index is 13.6. The Kier molecular flexibility index (Phi) is 6.95. The minimum atomic E-state index is -4.84. The molecule has 5 nitrogen and oxygen atoms in total. The topological polar surface area (TPSA) is 75.2 Å². The number of hydrogen-bond donors (Lipinski definition) is 2. The molecule has 1 atom stereocenters. The third-order valence-electron chi connectivity index (χ3n) is 5.09. The highest BCUT2D eigenvalue weighted by atomic mass is 35.5. The van der Waals surface area contributed by atoms with Crippen LogP contribution in [0, 0.1) is 0 Å². The summed E-state index contributed by atoms with van der Waals surface area (Å²) >= 11 is 13.1. The minimum Gasteiger partial charge on any atom is -0.403 e. The van der Waals surface area contributed by atoms with Crippen molar-refractivity contribution in [3.63, 3.8) is 0 Å². The summed E-state index contributed by atoms with van der Waals surface area (Å²) in [7, 11) is -3.69. The van der Waals surface area contributed by atoms with Gasteiger partial charge in [-0.25, -0.2) is 4.21 Å². The van der Waals surface area contributed by atoms with Crippen molar-refractivity contribution in [2.75, 3.05) is 0 Å². The van der Waals surface area contributed by atoms with Crippen molar-refractivity contribution in [2.45, 2.75) is 30.5 Å². The third-order valence-corrected chi connectivity index (χ3v) is 8.16. The van der Waals surface area contributed by atoms with Crippen LogP contribution < -0.4 is 4.18 Å². The summed E-state index contributed by atoms with van der Waals surface area (Å²) in [6, 6.07) is 13.5. The van der Waals surface area contributed by atoms with E-state index >= 15 is 0 Å². The van der Waals surface area contributed by atoms with Gasteiger partial charge in [0, 0.05) is 9.90 Å². The molecule has 0 bridgehead atoms. The molecule has 0 amide bonds. The van der Waals surface area contributed by atoms with Gasteiger partial charge in [-0.15, -0.1) is 11.3 Å². The van der Waals surface area contributed by atoms with Gasteiger partial charge in [0.1, 0.15) is 21.0 Å². The first-order valence-electron chi connectivity index (χ1n) is 10.3. The first-order valence-corrected chi connectivity index (χ1v) is 13.5. The molecule has 36 heavy (non-hydrogen) atoms. The van der Waals surface area contributed by atoms with Gasteiger partial charge in [-0.2, -0.15) is 18.3 Å². The van der Waals surface area contributed by atoms with Crippen LogP contribution in [0.15, 0.2) is 59.5 Å². The Morgan fingerprint density at radius 1 is 1.08 bits per heavy atom. The molecule has 2 N–H and O–H groups in total. The lowest BCUT2D eigenvalue weighted by Crippen LogP contribution is -2.15. The van der Waals surface area contributed by atoms with E-state index in [0.717, 1.165) is 15.8 Å². The molecule has 0 aliphatic carbocycles. The number of aromatic nitrogens is 2. The molecule has 4 rings (SSSR count). The van der Waals surface area contributed by atoms with Gasteiger partial charge in [0.25, 0.3) is 0 Å². The van der Waals surface area contributed by atoms with E-state index in [0.29, 0.717) is 23.0 Å². The Balaban J connectivity index is 1.66. The van der Waals surface area contributed by atoms with Crippen LogP contribution in [0.4, 0.5) is 13.2 Å². The van der Waals surface area contributed by atoms with Crippen LogP contribution in [0.25, 0.3) is 21.0 Å². The standard InChI is InChI=1S/C24H19Cl2F3N2O3S2/c1-23(2,32)21-12-18(30-31-21)20-8-7-19(35-20)13-5-4-6-15(9-13)36(3,33)34-22-16(24(27,28)29)10-14(25)11-17(22)26/h4-12,32H,3H2,1-2H3,(H,30,31). The quantitative estimate of drug-likeness (QED) is 0.235. The number of hydrogen-bond acceptors (Lipinski definition) is 5. The van der Waals surface area contributed by atoms with Crippen LogP contribution in [-0.2, 0) is 21.6 Å². The zero-order valence-corrected chi connectivity index (χ0v) is 22.0. The highest BCUT2D eigenvalue weighted by Gasteiger charge is 2.37. The number of H-pyrrole nitrogens is 1. The molecule has 0 spiro atoms. The van der Waals surface area contributed by atoms with E-state index in [9.17, 15) is 22.5 Å². The number of aliphatic hydroxyl groups is 1. The number of alkyl halides is 3. The summed E-state index contributed by atoms with van der Waals surface area (Å²) in [5.41, 5.74) is -0.496. The van der Waals surface area contributed by atoms with Crippen molar-refractivity contribution in [1.82, 2.24) is 10.2 Å². The summed E-state index contributed by atoms with van der Waals surface area (Å²) < 4.78 is 59.3. The number of thiophene rings is 1. The van der Waals surface area contributed by atoms with Gasteiger partial charge in [0.15, 0.2) is 5.75 Å². The summed E-state index contributed by atoms with van der Waals surface area (Å²) in [5.74, 6) is 2.74. The van der Waals surface area contributed by atoms with E-state index in [1.54, 1.807) is 32.0 Å². The van der Waals surface area contributed by atoms with E-state index in [1.165, 1.54) is 23.5 Å². The van der Waals surface area contributed by atoms with E-state index in [1.807, 2.05) is 12.1 Å². The van der Waals surface area contributed by atoms with Gasteiger partial charge < -0.3 is 9.29 Å². The molecule has 0 radical (unpaired) electrons. The molecule has 2 aromatic carbocycles. The molecule has 4 aromatic rings. The normalized spacial score (nSPS) is 14.0. The third kappa shape index (κ3) is 5.57. The molecular formula is C24H19Cl2F3N2O3S2. The van der Waals surface area contributed by atoms with E-state index < -0.39 is 37.9 Å². The number of rotatable bonds is 6. The Morgan fingerprint density at radius 2 is 1.78 bits per heavy atom. The second kappa shape index (κ2) is 9.42. The van der Waals surface area contributed by atoms with Gasteiger partial charge in [-0.1, -0.05) is 35.3 Å². The number of nitrogens with one attached hydrogen (secondary N) is 1. The molecule has 1 unspecified atom stereocenters. The molecule has 0 saturated heterocycles. The Labute approximate surface area is 219 Å². The molecule has 0 aliphatic heterocycles. The van der Waals surface area contributed by atoms with Crippen molar-refractivity contribution in [3.8, 4) is 26.8 Å². The average Bonchev–Trinajstić information content (AvgIpc) is 3.44. The van der Waals surface area contributed by atoms with Gasteiger partial charge in [-0.3, -0.25) is 5.10 Å². The largest absolute Gasteiger partial charge is 0.420 e. The molecule has 190 valence electrons. The molecule has 12 heteroatoms. The highest BCUT2D eigenvalue weighted by Crippen LogP contribution is 2.43. The SMILES string of the molecule is C=S(=O)(Oc1c(Cl)cc(Cl)cc1C(F)(F)F)c1cccc(-c2ccc(-c3cc(C(C)(C)O)n[nH]3)s2)c1. The fourth-order valence-electron chi connectivity index (χ4n) is 3.28. The first-order chi connectivity index (χ1) is 16.6. The second-order valence-corrected chi connectivity index (χ2v) is 12.2. The monoisotopic (exact) mass is 574 g/mol. The maximum Gasteiger partial charge on any atom is 0.420 e. The van der Waals surface area contributed by atoms with Crippen molar-refractivity contribution in [2.24, 2.45) is 0 Å². The number of aromatic amines is 1. The van der Waals surface area contributed by atoms with Gasteiger partial charge in [0.05, 0.1) is 26.2 Å². The van der Waals surface area contributed by atoms with Crippen LogP contribution in [0.5, 0.6) is 5.75 Å². The summed E-state index contributed by atoms with van der Waals surface area (Å²) in [6.07, 6.45) is -4.84. The molecule has 0 saturated carbocycles. The minimum absolute atomic E-state index is 0.0833. The number of nitrogens with zero attached hydrogens (tertiary/aromatic N) is 1. The fourth-order valence-corrected chi connectivity index (χ4v) is 5.96. The van der Waals surface area contributed by atoms with Crippen molar-refractivity contribution in [3.05, 3.63) is 75.9 Å². The predicted octanol–water partition coefficient (Wildman–Crippen LogP) is 7.43. The Morgan fingerprint density at radius 3 is 2.42 bits per heavy atom. The van der Waals surface area contributed by atoms with Gasteiger partial charge >= 0.3 is 6.18 Å². The van der Waals surface area contributed by atoms with Crippen molar-refractivity contribution in [1.29, 1.82) is 0 Å². The van der Waals surface area contributed by atoms with Gasteiger partial charge in [-0.05, 0) is 67.7 Å². The van der Waals surface area contributed by atoms with Crippen molar-refractivity contribution < 1.29 is 26.7 Å². The van der Waals surface area contributed by atoms with Crippen molar-refractivity contribution >= 4 is 50.2 Å². The van der Waals surface area contributed by atoms with Crippen LogP contribution in [0.3, 0.4) is 0 Å². The van der Waals surface area contributed by atoms with E-state index in [-0.39, 0.29) is 9.92 Å². The zero-order chi connectivity index (χ0) is 26.5. The lowest BCUT2D eigenvalue weighted by Gasteiger charge is -2.18. The lowest BCUT2D eigenvalue weighted by atomic mass is 10.1. The highest BCUT2D eigenvalue weighted by molar-refractivity contribution is 7.96. The van der Waals surface area contributed by atoms with Gasteiger partial charge in [0.2, 0.25) is 0 Å². The Bertz CT molecular complexity index is 1540. The molecule has 0 aliphatic rings. The first kappa shape index (κ1) is 26.6. The Hall–Kier alpha value is -2.50. The summed E-state index contributed by atoms with van der Waals surface area (Å²) in [5, 5.41) is 16.5. The van der Waals surface area contributed by atoms with Crippen LogP contribution >= 0.6 is 34.5 Å². The summed E-state index contributed by atoms with van der Waals surface area (Å²) in [6.45, 7) is 3.26. The maximum absolute atomic E-state index is 13.6. The van der Waals surface area contributed by atoms with E-state index in [2.05, 4.69) is 16.1 Å². The number of benzene rings is 2. The second-order valence-electron chi connectivity index (χ2n) is 8.38. The average molecular weight is 575 g/mol. The number of halogens is 5. The summed E-state index contributed by atoms with van der Waals surface area (Å²) in [4.78, 5) is 1.72. The molecular weight excluding hydrogens is 556 g/mol. The zero-order valence-electron chi connectivity index (χ0n) is 18.8. The molecule has 2 heterocycles. The van der Waals surface area contributed by atoms with Crippen LogP contribution in [-0.4, -0.2) is 25.4 Å². The smallest absolute Gasteiger partial charge is 0.403 e.